The van der Waals surface area contributed by atoms with Crippen LogP contribution in [0.25, 0.3) is 0 Å². The van der Waals surface area contributed by atoms with Gasteiger partial charge in [0.05, 0.1) is 0 Å². The summed E-state index contributed by atoms with van der Waals surface area (Å²) in [5.74, 6) is 0.438. The fourth-order valence-electron chi connectivity index (χ4n) is 2.10. The molecule has 2 aromatic rings. The van der Waals surface area contributed by atoms with Gasteiger partial charge in [-0.05, 0) is 37.3 Å². The Kier molecular flexibility index (Phi) is 6.29. The SMILES string of the molecule is C[C@H](Oc1cccc(Cl)c1)C(=O)NCCN(C)c1ccccc1. The molecule has 0 saturated carbocycles. The molecule has 0 aromatic heterocycles. The molecule has 0 heterocycles. The molecule has 2 aromatic carbocycles. The van der Waals surface area contributed by atoms with Crippen molar-refractivity contribution in [3.8, 4) is 5.75 Å². The predicted molar refractivity (Wildman–Crippen MR) is 94.3 cm³/mol. The first-order valence-corrected chi connectivity index (χ1v) is 7.90. The molecule has 23 heavy (non-hydrogen) atoms. The molecule has 0 aliphatic carbocycles. The van der Waals surface area contributed by atoms with Crippen LogP contribution in [0.3, 0.4) is 0 Å². The van der Waals surface area contributed by atoms with E-state index in [0.717, 1.165) is 12.2 Å². The lowest BCUT2D eigenvalue weighted by Crippen LogP contribution is -2.40. The van der Waals surface area contributed by atoms with E-state index in [0.29, 0.717) is 17.3 Å². The normalized spacial score (nSPS) is 11.6. The lowest BCUT2D eigenvalue weighted by atomic mass is 10.3. The Labute approximate surface area is 142 Å². The monoisotopic (exact) mass is 332 g/mol. The van der Waals surface area contributed by atoms with Crippen molar-refractivity contribution in [3.63, 3.8) is 0 Å². The number of para-hydroxylation sites is 1. The Morgan fingerprint density at radius 2 is 1.96 bits per heavy atom. The van der Waals surface area contributed by atoms with Crippen molar-refractivity contribution in [1.29, 1.82) is 0 Å². The number of carbonyl (C=O) groups is 1. The highest BCUT2D eigenvalue weighted by molar-refractivity contribution is 6.30. The van der Waals surface area contributed by atoms with Crippen LogP contribution in [0.5, 0.6) is 5.75 Å². The summed E-state index contributed by atoms with van der Waals surface area (Å²) < 4.78 is 5.59. The van der Waals surface area contributed by atoms with E-state index in [1.807, 2.05) is 37.4 Å². The molecule has 0 radical (unpaired) electrons. The van der Waals surface area contributed by atoms with Crippen LogP contribution in [-0.4, -0.2) is 32.1 Å². The average molecular weight is 333 g/mol. The van der Waals surface area contributed by atoms with Gasteiger partial charge in [0.2, 0.25) is 0 Å². The van der Waals surface area contributed by atoms with Crippen molar-refractivity contribution >= 4 is 23.2 Å². The number of ether oxygens (including phenoxy) is 1. The topological polar surface area (TPSA) is 41.6 Å². The maximum Gasteiger partial charge on any atom is 0.260 e. The molecule has 2 rings (SSSR count). The summed E-state index contributed by atoms with van der Waals surface area (Å²) in [5, 5.41) is 3.46. The van der Waals surface area contributed by atoms with Gasteiger partial charge in [0.15, 0.2) is 6.10 Å². The highest BCUT2D eigenvalue weighted by atomic mass is 35.5. The third-order valence-corrected chi connectivity index (χ3v) is 3.66. The zero-order chi connectivity index (χ0) is 16.7. The molecule has 0 spiro atoms. The number of amides is 1. The molecule has 0 saturated heterocycles. The van der Waals surface area contributed by atoms with Gasteiger partial charge >= 0.3 is 0 Å². The van der Waals surface area contributed by atoms with E-state index < -0.39 is 6.10 Å². The number of rotatable bonds is 7. The van der Waals surface area contributed by atoms with Crippen LogP contribution >= 0.6 is 11.6 Å². The van der Waals surface area contributed by atoms with Gasteiger partial charge in [-0.25, -0.2) is 0 Å². The second-order valence-electron chi connectivity index (χ2n) is 5.27. The number of benzene rings is 2. The Hall–Kier alpha value is -2.20. The smallest absolute Gasteiger partial charge is 0.260 e. The van der Waals surface area contributed by atoms with Crippen molar-refractivity contribution in [2.45, 2.75) is 13.0 Å². The van der Waals surface area contributed by atoms with Crippen LogP contribution in [0.4, 0.5) is 5.69 Å². The lowest BCUT2D eigenvalue weighted by molar-refractivity contribution is -0.127. The van der Waals surface area contributed by atoms with E-state index in [-0.39, 0.29) is 5.91 Å². The second kappa shape index (κ2) is 8.44. The number of nitrogens with zero attached hydrogens (tertiary/aromatic N) is 1. The van der Waals surface area contributed by atoms with Crippen molar-refractivity contribution in [1.82, 2.24) is 5.32 Å². The van der Waals surface area contributed by atoms with Crippen LogP contribution in [-0.2, 0) is 4.79 Å². The third kappa shape index (κ3) is 5.49. The van der Waals surface area contributed by atoms with Crippen molar-refractivity contribution < 1.29 is 9.53 Å². The highest BCUT2D eigenvalue weighted by Crippen LogP contribution is 2.18. The van der Waals surface area contributed by atoms with E-state index >= 15 is 0 Å². The summed E-state index contributed by atoms with van der Waals surface area (Å²) in [4.78, 5) is 14.1. The Balaban J connectivity index is 1.76. The number of hydrogen-bond acceptors (Lipinski definition) is 3. The summed E-state index contributed by atoms with van der Waals surface area (Å²) >= 11 is 5.90. The van der Waals surface area contributed by atoms with Crippen LogP contribution in [0.1, 0.15) is 6.92 Å². The molecule has 5 heteroatoms. The summed E-state index contributed by atoms with van der Waals surface area (Å²) in [6.45, 7) is 2.99. The first kappa shape index (κ1) is 17.2. The Morgan fingerprint density at radius 3 is 2.65 bits per heavy atom. The Morgan fingerprint density at radius 1 is 1.22 bits per heavy atom. The fraction of sp³-hybridized carbons (Fsp3) is 0.278. The maximum atomic E-state index is 12.1. The maximum absolute atomic E-state index is 12.1. The fourth-order valence-corrected chi connectivity index (χ4v) is 2.28. The number of nitrogens with one attached hydrogen (secondary N) is 1. The van der Waals surface area contributed by atoms with Crippen LogP contribution < -0.4 is 15.0 Å². The van der Waals surface area contributed by atoms with Crippen molar-refractivity contribution in [2.24, 2.45) is 0 Å². The van der Waals surface area contributed by atoms with Gasteiger partial charge in [-0.2, -0.15) is 0 Å². The molecule has 0 aliphatic heterocycles. The van der Waals surface area contributed by atoms with E-state index in [2.05, 4.69) is 10.2 Å². The Bertz CT molecular complexity index is 634. The number of halogens is 1. The van der Waals surface area contributed by atoms with E-state index in [1.165, 1.54) is 0 Å². The first-order chi connectivity index (χ1) is 11.1. The van der Waals surface area contributed by atoms with Crippen molar-refractivity contribution in [2.75, 3.05) is 25.0 Å². The molecular weight excluding hydrogens is 312 g/mol. The van der Waals surface area contributed by atoms with Gasteiger partial charge in [-0.15, -0.1) is 0 Å². The summed E-state index contributed by atoms with van der Waals surface area (Å²) in [7, 11) is 1.99. The molecule has 0 bridgehead atoms. The average Bonchev–Trinajstić information content (AvgIpc) is 2.55. The van der Waals surface area contributed by atoms with E-state index in [1.54, 1.807) is 31.2 Å². The molecule has 1 N–H and O–H groups in total. The van der Waals surface area contributed by atoms with Gasteiger partial charge in [0.1, 0.15) is 5.75 Å². The lowest BCUT2D eigenvalue weighted by Gasteiger charge is -2.20. The molecule has 0 unspecified atom stereocenters. The van der Waals surface area contributed by atoms with Gasteiger partial charge < -0.3 is 15.0 Å². The zero-order valence-electron chi connectivity index (χ0n) is 13.3. The zero-order valence-corrected chi connectivity index (χ0v) is 14.1. The van der Waals surface area contributed by atoms with Crippen LogP contribution in [0.2, 0.25) is 5.02 Å². The standard InChI is InChI=1S/C18H21ClN2O2/c1-14(23-17-10-6-7-15(19)13-17)18(22)20-11-12-21(2)16-8-4-3-5-9-16/h3-10,13-14H,11-12H2,1-2H3,(H,20,22)/t14-/m0/s1. The molecular formula is C18H21ClN2O2. The number of anilines is 1. The molecule has 122 valence electrons. The van der Waals surface area contributed by atoms with Crippen LogP contribution in [0, 0.1) is 0 Å². The minimum absolute atomic E-state index is 0.147. The second-order valence-corrected chi connectivity index (χ2v) is 5.70. The van der Waals surface area contributed by atoms with E-state index in [4.69, 9.17) is 16.3 Å². The molecule has 0 aliphatic rings. The van der Waals surface area contributed by atoms with Gasteiger partial charge in [-0.1, -0.05) is 35.9 Å². The minimum Gasteiger partial charge on any atom is -0.481 e. The minimum atomic E-state index is -0.574. The quantitative estimate of drug-likeness (QED) is 0.845. The number of likely N-dealkylation sites (N-methyl/N-ethyl adjacent to an activating group) is 1. The van der Waals surface area contributed by atoms with Gasteiger partial charge in [0.25, 0.3) is 5.91 Å². The van der Waals surface area contributed by atoms with Crippen LogP contribution in [0.15, 0.2) is 54.6 Å². The third-order valence-electron chi connectivity index (χ3n) is 3.42. The summed E-state index contributed by atoms with van der Waals surface area (Å²) in [5.41, 5.74) is 1.12. The molecule has 0 fully saturated rings. The highest BCUT2D eigenvalue weighted by Gasteiger charge is 2.14. The molecule has 1 amide bonds. The van der Waals surface area contributed by atoms with Crippen molar-refractivity contribution in [3.05, 3.63) is 59.6 Å². The molecule has 1 atom stereocenters. The summed E-state index contributed by atoms with van der Waals surface area (Å²) in [6, 6.07) is 17.0. The van der Waals surface area contributed by atoms with Gasteiger partial charge in [0, 0.05) is 30.8 Å². The van der Waals surface area contributed by atoms with Gasteiger partial charge in [-0.3, -0.25) is 4.79 Å². The van der Waals surface area contributed by atoms with E-state index in [9.17, 15) is 4.79 Å². The molecule has 4 nitrogen and oxygen atoms in total. The number of hydrogen-bond donors (Lipinski definition) is 1. The predicted octanol–water partition coefficient (Wildman–Crippen LogP) is 3.36. The summed E-state index contributed by atoms with van der Waals surface area (Å²) in [6.07, 6.45) is -0.574. The largest absolute Gasteiger partial charge is 0.481 e. The first-order valence-electron chi connectivity index (χ1n) is 7.52. The number of carbonyl (C=O) groups excluding carboxylic acids is 1.